The third-order valence-corrected chi connectivity index (χ3v) is 4.56. The van der Waals surface area contributed by atoms with E-state index in [1.165, 1.54) is 5.56 Å². The normalized spacial score (nSPS) is 16.8. The fourth-order valence-electron chi connectivity index (χ4n) is 3.05. The summed E-state index contributed by atoms with van der Waals surface area (Å²) in [7, 11) is 1.70. The fourth-order valence-corrected chi connectivity index (χ4v) is 3.05. The van der Waals surface area contributed by atoms with E-state index in [0.29, 0.717) is 25.7 Å². The first-order chi connectivity index (χ1) is 13.2. The largest absolute Gasteiger partial charge is 0.494 e. The Kier molecular flexibility index (Phi) is 13.3. The summed E-state index contributed by atoms with van der Waals surface area (Å²) in [5, 5.41) is 3.41. The minimum atomic E-state index is 0. The van der Waals surface area contributed by atoms with Crippen LogP contribution >= 0.6 is 24.0 Å². The fraction of sp³-hybridized carbons (Fsp3) is 0.667. The van der Waals surface area contributed by atoms with Crippen molar-refractivity contribution in [2.75, 3.05) is 59.7 Å². The van der Waals surface area contributed by atoms with Gasteiger partial charge in [-0.2, -0.15) is 0 Å². The molecule has 1 aliphatic rings. The van der Waals surface area contributed by atoms with E-state index in [0.717, 1.165) is 57.3 Å². The molecule has 1 heterocycles. The van der Waals surface area contributed by atoms with Crippen molar-refractivity contribution in [1.82, 2.24) is 10.2 Å². The monoisotopic (exact) mass is 505 g/mol. The average molecular weight is 505 g/mol. The topological polar surface area (TPSA) is 55.3 Å². The van der Waals surface area contributed by atoms with E-state index < -0.39 is 0 Å². The van der Waals surface area contributed by atoms with Crippen molar-refractivity contribution < 1.29 is 14.2 Å². The molecule has 0 aliphatic carbocycles. The summed E-state index contributed by atoms with van der Waals surface area (Å²) in [4.78, 5) is 7.12. The molecule has 1 N–H and O–H groups in total. The molecule has 1 fully saturated rings. The SMILES string of the molecule is CCNC(=NCCCOc1ccc(C)cc1)N1CCC(COCCOC)C1.I. The number of aryl methyl sites for hydroxylation is 1. The molecule has 0 radical (unpaired) electrons. The van der Waals surface area contributed by atoms with E-state index in [1.54, 1.807) is 7.11 Å². The molecular formula is C21H36IN3O3. The summed E-state index contributed by atoms with van der Waals surface area (Å²) < 4.78 is 16.5. The van der Waals surface area contributed by atoms with Crippen molar-refractivity contribution in [1.29, 1.82) is 0 Å². The van der Waals surface area contributed by atoms with Gasteiger partial charge in [-0.1, -0.05) is 17.7 Å². The van der Waals surface area contributed by atoms with Crippen molar-refractivity contribution in [3.63, 3.8) is 0 Å². The minimum absolute atomic E-state index is 0. The molecular weight excluding hydrogens is 469 g/mol. The van der Waals surface area contributed by atoms with Crippen LogP contribution in [-0.4, -0.2) is 70.6 Å². The Balaban J connectivity index is 0.00000392. The Labute approximate surface area is 187 Å². The Bertz CT molecular complexity index is 554. The van der Waals surface area contributed by atoms with E-state index in [9.17, 15) is 0 Å². The molecule has 0 aromatic heterocycles. The lowest BCUT2D eigenvalue weighted by atomic mass is 10.1. The van der Waals surface area contributed by atoms with E-state index in [1.807, 2.05) is 12.1 Å². The number of methoxy groups -OCH3 is 1. The predicted molar refractivity (Wildman–Crippen MR) is 125 cm³/mol. The molecule has 1 unspecified atom stereocenters. The lowest BCUT2D eigenvalue weighted by Crippen LogP contribution is -2.40. The van der Waals surface area contributed by atoms with Crippen LogP contribution in [0.4, 0.5) is 0 Å². The zero-order valence-corrected chi connectivity index (χ0v) is 19.8. The van der Waals surface area contributed by atoms with Crippen LogP contribution in [0.15, 0.2) is 29.3 Å². The maximum absolute atomic E-state index is 5.78. The first-order valence-electron chi connectivity index (χ1n) is 10.0. The standard InChI is InChI=1S/C21H35N3O3.HI/c1-4-22-21(24-12-10-19(16-24)17-26-15-14-25-3)23-11-5-13-27-20-8-6-18(2)7-9-20;/h6-9,19H,4-5,10-17H2,1-3H3,(H,22,23);1H. The number of hydrogen-bond donors (Lipinski definition) is 1. The highest BCUT2D eigenvalue weighted by Gasteiger charge is 2.24. The summed E-state index contributed by atoms with van der Waals surface area (Å²) in [6, 6.07) is 8.17. The molecule has 1 atom stereocenters. The highest BCUT2D eigenvalue weighted by molar-refractivity contribution is 14.0. The van der Waals surface area contributed by atoms with Gasteiger partial charge in [0.25, 0.3) is 0 Å². The second-order valence-electron chi connectivity index (χ2n) is 6.92. The number of nitrogens with zero attached hydrogens (tertiary/aromatic N) is 2. The van der Waals surface area contributed by atoms with Crippen LogP contribution in [0.25, 0.3) is 0 Å². The van der Waals surface area contributed by atoms with Gasteiger partial charge in [0.1, 0.15) is 5.75 Å². The number of ether oxygens (including phenoxy) is 3. The molecule has 160 valence electrons. The van der Waals surface area contributed by atoms with Gasteiger partial charge in [0, 0.05) is 45.6 Å². The van der Waals surface area contributed by atoms with Crippen LogP contribution in [0.1, 0.15) is 25.3 Å². The van der Waals surface area contributed by atoms with E-state index in [2.05, 4.69) is 36.2 Å². The lowest BCUT2D eigenvalue weighted by molar-refractivity contribution is 0.0536. The summed E-state index contributed by atoms with van der Waals surface area (Å²) in [6.45, 7) is 10.7. The Morgan fingerprint density at radius 1 is 1.21 bits per heavy atom. The summed E-state index contributed by atoms with van der Waals surface area (Å²) in [5.41, 5.74) is 1.25. The molecule has 1 aliphatic heterocycles. The van der Waals surface area contributed by atoms with Gasteiger partial charge in [-0.25, -0.2) is 0 Å². The van der Waals surface area contributed by atoms with E-state index in [4.69, 9.17) is 19.2 Å². The molecule has 0 bridgehead atoms. The number of halogens is 1. The molecule has 1 saturated heterocycles. The quantitative estimate of drug-likeness (QED) is 0.217. The van der Waals surface area contributed by atoms with Crippen LogP contribution in [0.5, 0.6) is 5.75 Å². The van der Waals surface area contributed by atoms with Crippen LogP contribution in [0, 0.1) is 12.8 Å². The maximum Gasteiger partial charge on any atom is 0.193 e. The Morgan fingerprint density at radius 3 is 2.71 bits per heavy atom. The van der Waals surface area contributed by atoms with Crippen LogP contribution in [0.2, 0.25) is 0 Å². The number of aliphatic imine (C=N–C) groups is 1. The molecule has 2 rings (SSSR count). The van der Waals surface area contributed by atoms with Gasteiger partial charge in [-0.3, -0.25) is 4.99 Å². The average Bonchev–Trinajstić information content (AvgIpc) is 3.14. The molecule has 1 aromatic carbocycles. The van der Waals surface area contributed by atoms with Crippen LogP contribution in [0.3, 0.4) is 0 Å². The number of guanidine groups is 1. The lowest BCUT2D eigenvalue weighted by Gasteiger charge is -2.21. The molecule has 6 nitrogen and oxygen atoms in total. The number of rotatable bonds is 11. The Morgan fingerprint density at radius 2 is 2.00 bits per heavy atom. The second-order valence-corrected chi connectivity index (χ2v) is 6.92. The molecule has 0 spiro atoms. The highest BCUT2D eigenvalue weighted by Crippen LogP contribution is 2.17. The zero-order chi connectivity index (χ0) is 19.3. The molecule has 28 heavy (non-hydrogen) atoms. The molecule has 0 amide bonds. The van der Waals surface area contributed by atoms with E-state index in [-0.39, 0.29) is 24.0 Å². The first-order valence-corrected chi connectivity index (χ1v) is 10.0. The van der Waals surface area contributed by atoms with Gasteiger partial charge in [-0.05, 0) is 32.4 Å². The van der Waals surface area contributed by atoms with Gasteiger partial charge >= 0.3 is 0 Å². The third-order valence-electron chi connectivity index (χ3n) is 4.56. The second kappa shape index (κ2) is 14.9. The predicted octanol–water partition coefficient (Wildman–Crippen LogP) is 3.33. The third kappa shape index (κ3) is 9.43. The Hall–Kier alpha value is -1.06. The molecule has 1 aromatic rings. The number of likely N-dealkylation sites (tertiary alicyclic amines) is 1. The van der Waals surface area contributed by atoms with Crippen molar-refractivity contribution in [2.24, 2.45) is 10.9 Å². The molecule has 7 heteroatoms. The number of hydrogen-bond acceptors (Lipinski definition) is 4. The van der Waals surface area contributed by atoms with Crippen molar-refractivity contribution in [2.45, 2.75) is 26.7 Å². The van der Waals surface area contributed by atoms with Gasteiger partial charge in [0.05, 0.1) is 26.4 Å². The van der Waals surface area contributed by atoms with Crippen molar-refractivity contribution >= 4 is 29.9 Å². The first kappa shape index (κ1) is 25.0. The zero-order valence-electron chi connectivity index (χ0n) is 17.5. The summed E-state index contributed by atoms with van der Waals surface area (Å²) in [5.74, 6) is 2.50. The van der Waals surface area contributed by atoms with Gasteiger partial charge in [0.2, 0.25) is 0 Å². The number of nitrogens with one attached hydrogen (secondary N) is 1. The van der Waals surface area contributed by atoms with Gasteiger partial charge in [-0.15, -0.1) is 24.0 Å². The maximum atomic E-state index is 5.78. The van der Waals surface area contributed by atoms with Crippen LogP contribution < -0.4 is 10.1 Å². The highest BCUT2D eigenvalue weighted by atomic mass is 127. The smallest absolute Gasteiger partial charge is 0.193 e. The van der Waals surface area contributed by atoms with E-state index >= 15 is 0 Å². The molecule has 0 saturated carbocycles. The summed E-state index contributed by atoms with van der Waals surface area (Å²) >= 11 is 0. The van der Waals surface area contributed by atoms with Crippen molar-refractivity contribution in [3.8, 4) is 5.75 Å². The van der Waals surface area contributed by atoms with Crippen LogP contribution in [-0.2, 0) is 9.47 Å². The van der Waals surface area contributed by atoms with Gasteiger partial charge in [0.15, 0.2) is 5.96 Å². The number of benzene rings is 1. The summed E-state index contributed by atoms with van der Waals surface area (Å²) in [6.07, 6.45) is 2.05. The van der Waals surface area contributed by atoms with Crippen molar-refractivity contribution in [3.05, 3.63) is 29.8 Å². The minimum Gasteiger partial charge on any atom is -0.494 e. The van der Waals surface area contributed by atoms with Gasteiger partial charge < -0.3 is 24.4 Å².